The van der Waals surface area contributed by atoms with E-state index in [2.05, 4.69) is 12.2 Å². The van der Waals surface area contributed by atoms with Gasteiger partial charge in [-0.15, -0.1) is 0 Å². The second kappa shape index (κ2) is 16.3. The fourth-order valence-electron chi connectivity index (χ4n) is 5.15. The van der Waals surface area contributed by atoms with Crippen molar-refractivity contribution in [3.63, 3.8) is 0 Å². The normalized spacial score (nSPS) is 11.3. The Morgan fingerprint density at radius 2 is 1.59 bits per heavy atom. The topological polar surface area (TPSA) is 99.4 Å². The molecule has 1 N–H and O–H groups in total. The van der Waals surface area contributed by atoms with E-state index in [-0.39, 0.29) is 47.9 Å². The van der Waals surface area contributed by atoms with Crippen LogP contribution >= 0.6 is 0 Å². The largest absolute Gasteiger partial charge is 0.494 e. The van der Waals surface area contributed by atoms with Gasteiger partial charge in [0.25, 0.3) is 5.56 Å². The van der Waals surface area contributed by atoms with Gasteiger partial charge >= 0.3 is 11.8 Å². The quantitative estimate of drug-likeness (QED) is 0.212. The van der Waals surface area contributed by atoms with Crippen LogP contribution in [0.4, 0.5) is 8.78 Å². The zero-order chi connectivity index (χ0) is 32.2. The van der Waals surface area contributed by atoms with Crippen LogP contribution in [0.25, 0.3) is 11.1 Å². The van der Waals surface area contributed by atoms with Crippen molar-refractivity contribution in [2.45, 2.75) is 59.2 Å². The van der Waals surface area contributed by atoms with Crippen molar-refractivity contribution < 1.29 is 23.1 Å². The lowest BCUT2D eigenvalue weighted by Crippen LogP contribution is -2.45. The van der Waals surface area contributed by atoms with Crippen LogP contribution in [0.3, 0.4) is 0 Å². The number of methoxy groups -OCH3 is 1. The number of unbranched alkanes of at least 4 members (excludes halogenated alkanes) is 2. The van der Waals surface area contributed by atoms with Crippen LogP contribution in [-0.4, -0.2) is 28.9 Å². The minimum absolute atomic E-state index is 0.0168. The third-order valence-corrected chi connectivity index (χ3v) is 7.55. The Morgan fingerprint density at radius 3 is 2.23 bits per heavy atom. The SMILES string of the molecule is CCCCCN[C@@H](Cn1c(=O)c(-c2cccc(OC)c2F)c(C)n(Cc2c(C)cccc2F)c1=O)c1ccccc1.O=C=O. The number of rotatable bonds is 12. The van der Waals surface area contributed by atoms with E-state index >= 15 is 4.39 Å². The van der Waals surface area contributed by atoms with E-state index in [4.69, 9.17) is 14.3 Å². The van der Waals surface area contributed by atoms with E-state index in [1.54, 1.807) is 32.0 Å². The Kier molecular flexibility index (Phi) is 12.5. The van der Waals surface area contributed by atoms with Gasteiger partial charge in [0.15, 0.2) is 11.6 Å². The number of carbonyl (C=O) groups excluding carboxylic acids is 2. The minimum atomic E-state index is -0.702. The van der Waals surface area contributed by atoms with Crippen molar-refractivity contribution >= 4 is 6.15 Å². The summed E-state index contributed by atoms with van der Waals surface area (Å²) in [4.78, 5) is 44.4. The minimum Gasteiger partial charge on any atom is -0.494 e. The molecule has 232 valence electrons. The molecule has 0 aliphatic heterocycles. The Labute approximate surface area is 254 Å². The molecule has 1 atom stereocenters. The Morgan fingerprint density at radius 1 is 0.909 bits per heavy atom. The summed E-state index contributed by atoms with van der Waals surface area (Å²) in [6.45, 7) is 6.09. The molecule has 1 aromatic heterocycles. The van der Waals surface area contributed by atoms with Crippen LogP contribution in [0, 0.1) is 25.5 Å². The van der Waals surface area contributed by atoms with Crippen LogP contribution in [0.1, 0.15) is 54.6 Å². The summed E-state index contributed by atoms with van der Waals surface area (Å²) in [5.41, 5.74) is 1.02. The zero-order valence-electron chi connectivity index (χ0n) is 25.4. The van der Waals surface area contributed by atoms with Gasteiger partial charge in [-0.2, -0.15) is 9.59 Å². The van der Waals surface area contributed by atoms with Gasteiger partial charge in [0.05, 0.1) is 31.8 Å². The lowest BCUT2D eigenvalue weighted by atomic mass is 10.0. The van der Waals surface area contributed by atoms with Gasteiger partial charge in [-0.05, 0) is 50.1 Å². The monoisotopic (exact) mass is 605 g/mol. The van der Waals surface area contributed by atoms with E-state index in [1.807, 2.05) is 30.3 Å². The Bertz CT molecular complexity index is 1690. The molecule has 0 amide bonds. The molecule has 0 radical (unpaired) electrons. The molecule has 4 aromatic rings. The number of aryl methyl sites for hydroxylation is 1. The maximum absolute atomic E-state index is 15.6. The van der Waals surface area contributed by atoms with Gasteiger partial charge < -0.3 is 10.1 Å². The second-order valence-electron chi connectivity index (χ2n) is 10.3. The summed E-state index contributed by atoms with van der Waals surface area (Å²) >= 11 is 0. The fourth-order valence-corrected chi connectivity index (χ4v) is 5.15. The van der Waals surface area contributed by atoms with E-state index in [1.165, 1.54) is 29.9 Å². The first-order valence-electron chi connectivity index (χ1n) is 14.4. The molecule has 0 spiro atoms. The fraction of sp³-hybridized carbons (Fsp3) is 0.324. The van der Waals surface area contributed by atoms with Crippen molar-refractivity contribution in [3.8, 4) is 16.9 Å². The summed E-state index contributed by atoms with van der Waals surface area (Å²) in [5.74, 6) is -1.18. The summed E-state index contributed by atoms with van der Waals surface area (Å²) in [7, 11) is 1.35. The molecule has 0 fully saturated rings. The molecule has 0 unspecified atom stereocenters. The highest BCUT2D eigenvalue weighted by Gasteiger charge is 2.24. The lowest BCUT2D eigenvalue weighted by molar-refractivity contribution is -0.191. The average molecular weight is 606 g/mol. The number of halogens is 2. The Balaban J connectivity index is 0.00000169. The second-order valence-corrected chi connectivity index (χ2v) is 10.3. The molecule has 0 saturated heterocycles. The van der Waals surface area contributed by atoms with Crippen molar-refractivity contribution in [3.05, 3.63) is 122 Å². The molecule has 4 rings (SSSR count). The van der Waals surface area contributed by atoms with Crippen LogP contribution in [0.5, 0.6) is 5.75 Å². The summed E-state index contributed by atoms with van der Waals surface area (Å²) in [5, 5.41) is 3.50. The van der Waals surface area contributed by atoms with E-state index < -0.39 is 22.9 Å². The maximum atomic E-state index is 15.6. The highest BCUT2D eigenvalue weighted by molar-refractivity contribution is 5.67. The van der Waals surface area contributed by atoms with Crippen LogP contribution < -0.4 is 21.3 Å². The molecule has 0 aliphatic rings. The molecule has 8 nitrogen and oxygen atoms in total. The van der Waals surface area contributed by atoms with Crippen LogP contribution in [0.2, 0.25) is 0 Å². The lowest BCUT2D eigenvalue weighted by Gasteiger charge is -2.23. The van der Waals surface area contributed by atoms with Gasteiger partial charge in [-0.1, -0.05) is 74.4 Å². The van der Waals surface area contributed by atoms with Crippen molar-refractivity contribution in [2.24, 2.45) is 0 Å². The standard InChI is InChI=1S/C33H37F2N3O3.CO2/c1-5-6-10-19-36-28(24-14-8-7-9-15-24)21-38-32(39)30(25-16-12-18-29(41-4)31(25)35)23(3)37(33(38)40)20-26-22(2)13-11-17-27(26)34;2-1-3/h7-9,11-18,28,36H,5-6,10,19-21H2,1-4H3;/t28-;/m0./s1. The third kappa shape index (κ3) is 7.83. The number of nitrogens with one attached hydrogen (secondary N) is 1. The van der Waals surface area contributed by atoms with Gasteiger partial charge in [-0.25, -0.2) is 13.6 Å². The van der Waals surface area contributed by atoms with Gasteiger partial charge in [0.1, 0.15) is 5.82 Å². The molecule has 3 aromatic carbocycles. The predicted molar refractivity (Wildman–Crippen MR) is 164 cm³/mol. The number of ether oxygens (including phenoxy) is 1. The van der Waals surface area contributed by atoms with Gasteiger partial charge in [-0.3, -0.25) is 13.9 Å². The van der Waals surface area contributed by atoms with E-state index in [9.17, 15) is 14.0 Å². The van der Waals surface area contributed by atoms with Crippen molar-refractivity contribution in [2.75, 3.05) is 13.7 Å². The average Bonchev–Trinajstić information content (AvgIpc) is 3.01. The van der Waals surface area contributed by atoms with E-state index in [0.717, 1.165) is 29.4 Å². The summed E-state index contributed by atoms with van der Waals surface area (Å²) in [6.07, 6.45) is 3.30. The molecule has 0 aliphatic carbocycles. The van der Waals surface area contributed by atoms with Crippen LogP contribution in [0.15, 0.2) is 76.3 Å². The zero-order valence-corrected chi connectivity index (χ0v) is 25.4. The number of aromatic nitrogens is 2. The molecule has 10 heteroatoms. The van der Waals surface area contributed by atoms with E-state index in [0.29, 0.717) is 17.7 Å². The summed E-state index contributed by atoms with van der Waals surface area (Å²) in [6, 6.07) is 18.5. The molecule has 1 heterocycles. The number of benzene rings is 3. The highest BCUT2D eigenvalue weighted by atomic mass is 19.1. The molecular weight excluding hydrogens is 568 g/mol. The van der Waals surface area contributed by atoms with Gasteiger partial charge in [0, 0.05) is 16.8 Å². The number of hydrogen-bond donors (Lipinski definition) is 1. The molecular formula is C34H37F2N3O5. The predicted octanol–water partition coefficient (Wildman–Crippen LogP) is 5.57. The maximum Gasteiger partial charge on any atom is 0.373 e. The smallest absolute Gasteiger partial charge is 0.373 e. The molecule has 0 saturated carbocycles. The third-order valence-electron chi connectivity index (χ3n) is 7.55. The number of nitrogens with zero attached hydrogens (tertiary/aromatic N) is 2. The molecule has 44 heavy (non-hydrogen) atoms. The first kappa shape index (κ1) is 33.8. The molecule has 0 bridgehead atoms. The first-order valence-corrected chi connectivity index (χ1v) is 14.4. The van der Waals surface area contributed by atoms with Crippen LogP contribution in [-0.2, 0) is 22.7 Å². The summed E-state index contributed by atoms with van der Waals surface area (Å²) < 4.78 is 38.2. The Hall–Kier alpha value is -4.66. The highest BCUT2D eigenvalue weighted by Crippen LogP contribution is 2.29. The first-order chi connectivity index (χ1) is 21.2. The van der Waals surface area contributed by atoms with Crippen molar-refractivity contribution in [1.82, 2.24) is 14.5 Å². The number of hydrogen-bond acceptors (Lipinski definition) is 6. The van der Waals surface area contributed by atoms with Gasteiger partial charge in [0.2, 0.25) is 0 Å². The van der Waals surface area contributed by atoms with Crippen molar-refractivity contribution in [1.29, 1.82) is 0 Å².